The van der Waals surface area contributed by atoms with Crippen LogP contribution in [0.1, 0.15) is 80.3 Å². The van der Waals surface area contributed by atoms with Gasteiger partial charge < -0.3 is 33.5 Å². The van der Waals surface area contributed by atoms with E-state index in [1.165, 1.54) is 27.9 Å². The Hall–Kier alpha value is -5.49. The molecular formula is C52H55N3O5. The first-order chi connectivity index (χ1) is 29.0. The minimum atomic E-state index is -0.961. The van der Waals surface area contributed by atoms with Gasteiger partial charge in [-0.15, -0.1) is 0 Å². The van der Waals surface area contributed by atoms with Crippen LogP contribution < -0.4 is 24.0 Å². The molecule has 5 aromatic carbocycles. The fraction of sp³-hybridized carbons (Fsp3) is 0.404. The number of anilines is 2. The molecule has 1 atom stereocenters. The van der Waals surface area contributed by atoms with Gasteiger partial charge in [0.05, 0.1) is 58.0 Å². The van der Waals surface area contributed by atoms with E-state index < -0.39 is 5.60 Å². The lowest BCUT2D eigenvalue weighted by molar-refractivity contribution is 0.0641. The monoisotopic (exact) mass is 801 g/mol. The van der Waals surface area contributed by atoms with Gasteiger partial charge in [-0.3, -0.25) is 0 Å². The van der Waals surface area contributed by atoms with Crippen molar-refractivity contribution in [2.24, 2.45) is 10.8 Å². The number of nitriles is 1. The summed E-state index contributed by atoms with van der Waals surface area (Å²) in [5.41, 5.74) is 9.88. The summed E-state index contributed by atoms with van der Waals surface area (Å²) in [6.45, 7) is 15.8. The molecule has 8 heteroatoms. The molecule has 60 heavy (non-hydrogen) atoms. The van der Waals surface area contributed by atoms with E-state index in [9.17, 15) is 5.26 Å². The third-order valence-electron chi connectivity index (χ3n) is 13.8. The van der Waals surface area contributed by atoms with Crippen LogP contribution in [0.3, 0.4) is 0 Å². The molecule has 2 aliphatic carbocycles. The Kier molecular flexibility index (Phi) is 9.23. The predicted molar refractivity (Wildman–Crippen MR) is 239 cm³/mol. The Labute approximate surface area is 354 Å². The van der Waals surface area contributed by atoms with Crippen molar-refractivity contribution in [3.05, 3.63) is 118 Å². The molecule has 5 aromatic rings. The van der Waals surface area contributed by atoms with Crippen LogP contribution in [0.5, 0.6) is 17.2 Å². The predicted octanol–water partition coefficient (Wildman–Crippen LogP) is 10.3. The number of ether oxygens (including phenoxy) is 5. The Morgan fingerprint density at radius 1 is 0.683 bits per heavy atom. The molecule has 1 spiro atoms. The topological polar surface area (TPSA) is 76.4 Å². The molecule has 10 rings (SSSR count). The third-order valence-corrected chi connectivity index (χ3v) is 13.8. The smallest absolute Gasteiger partial charge is 0.178 e. The fourth-order valence-corrected chi connectivity index (χ4v) is 12.1. The van der Waals surface area contributed by atoms with Gasteiger partial charge >= 0.3 is 0 Å². The summed E-state index contributed by atoms with van der Waals surface area (Å²) < 4.78 is 31.3. The highest BCUT2D eigenvalue weighted by atomic mass is 16.5. The van der Waals surface area contributed by atoms with Gasteiger partial charge in [-0.25, -0.2) is 0 Å². The first kappa shape index (κ1) is 38.7. The Bertz CT molecular complexity index is 2540. The van der Waals surface area contributed by atoms with Crippen LogP contribution in [0.25, 0.3) is 28.0 Å². The van der Waals surface area contributed by atoms with Gasteiger partial charge in [0.2, 0.25) is 0 Å². The number of benzene rings is 5. The molecule has 0 aromatic heterocycles. The van der Waals surface area contributed by atoms with E-state index in [0.29, 0.717) is 18.8 Å². The second-order valence-corrected chi connectivity index (χ2v) is 19.0. The fourth-order valence-electron chi connectivity index (χ4n) is 12.1. The molecule has 1 saturated carbocycles. The number of nitrogens with zero attached hydrogens (tertiary/aromatic N) is 3. The molecule has 0 amide bonds. The zero-order valence-electron chi connectivity index (χ0n) is 35.8. The molecule has 0 radical (unpaired) electrons. The molecule has 3 fully saturated rings. The van der Waals surface area contributed by atoms with Crippen molar-refractivity contribution >= 4 is 28.2 Å². The van der Waals surface area contributed by atoms with Crippen LogP contribution in [0.4, 0.5) is 11.4 Å². The number of fused-ring (bicyclic) bond motifs is 10. The van der Waals surface area contributed by atoms with Gasteiger partial charge in [0.1, 0.15) is 17.2 Å². The summed E-state index contributed by atoms with van der Waals surface area (Å²) >= 11 is 0. The number of methoxy groups -OCH3 is 2. The lowest BCUT2D eigenvalue weighted by Crippen LogP contribution is -2.44. The molecule has 3 aliphatic heterocycles. The summed E-state index contributed by atoms with van der Waals surface area (Å²) in [5, 5.41) is 12.5. The summed E-state index contributed by atoms with van der Waals surface area (Å²) in [4.78, 5) is 4.78. The van der Waals surface area contributed by atoms with E-state index in [2.05, 4.69) is 116 Å². The van der Waals surface area contributed by atoms with Gasteiger partial charge in [0.15, 0.2) is 5.60 Å². The zero-order chi connectivity index (χ0) is 41.4. The summed E-state index contributed by atoms with van der Waals surface area (Å²) in [5.74, 6) is 2.45. The molecule has 8 nitrogen and oxygen atoms in total. The molecule has 308 valence electrons. The highest BCUT2D eigenvalue weighted by molar-refractivity contribution is 6.10. The SMILES string of the molecule is COc1ccc(C2(c3ccc(N4CCOCC4)cc3)C=Cc3c4c(c5cc(N6CCOCC6)c(OC)cc5c3O2)-c2ccc(C#N)cc2C42CC(C)(C)CC(C)(C)C2)cc1. The van der Waals surface area contributed by atoms with Gasteiger partial charge in [0, 0.05) is 59.4 Å². The van der Waals surface area contributed by atoms with Crippen LogP contribution in [0.2, 0.25) is 0 Å². The second-order valence-electron chi connectivity index (χ2n) is 19.0. The largest absolute Gasteiger partial charge is 0.497 e. The zero-order valence-corrected chi connectivity index (χ0v) is 35.8. The maximum atomic E-state index is 10.4. The van der Waals surface area contributed by atoms with Gasteiger partial charge in [-0.05, 0) is 112 Å². The summed E-state index contributed by atoms with van der Waals surface area (Å²) in [6.07, 6.45) is 7.67. The van der Waals surface area contributed by atoms with E-state index in [1.54, 1.807) is 14.2 Å². The molecule has 0 bridgehead atoms. The normalized spacial score (nSPS) is 22.1. The Morgan fingerprint density at radius 3 is 1.93 bits per heavy atom. The van der Waals surface area contributed by atoms with E-state index in [4.69, 9.17) is 23.7 Å². The quantitative estimate of drug-likeness (QED) is 0.168. The number of hydrogen-bond donors (Lipinski definition) is 0. The molecule has 1 unspecified atom stereocenters. The average Bonchev–Trinajstić information content (AvgIpc) is 3.52. The summed E-state index contributed by atoms with van der Waals surface area (Å²) in [6, 6.07) is 30.7. The van der Waals surface area contributed by atoms with Gasteiger partial charge in [-0.2, -0.15) is 5.26 Å². The minimum absolute atomic E-state index is 0.0400. The Morgan fingerprint density at radius 2 is 1.32 bits per heavy atom. The lowest BCUT2D eigenvalue weighted by Gasteiger charge is -2.52. The second kappa shape index (κ2) is 14.3. The molecule has 2 saturated heterocycles. The number of rotatable bonds is 6. The molecular weight excluding hydrogens is 747 g/mol. The van der Waals surface area contributed by atoms with Gasteiger partial charge in [0.25, 0.3) is 0 Å². The molecule has 0 N–H and O–H groups in total. The Balaban J connectivity index is 1.27. The van der Waals surface area contributed by atoms with Crippen LogP contribution in [0.15, 0.2) is 84.9 Å². The van der Waals surface area contributed by atoms with Crippen molar-refractivity contribution < 1.29 is 23.7 Å². The van der Waals surface area contributed by atoms with Crippen molar-refractivity contribution in [2.45, 2.75) is 58.0 Å². The van der Waals surface area contributed by atoms with Crippen LogP contribution in [0, 0.1) is 22.2 Å². The van der Waals surface area contributed by atoms with Crippen molar-refractivity contribution in [3.8, 4) is 34.4 Å². The van der Waals surface area contributed by atoms with Gasteiger partial charge in [-0.1, -0.05) is 64.1 Å². The maximum Gasteiger partial charge on any atom is 0.178 e. The number of hydrogen-bond acceptors (Lipinski definition) is 8. The standard InChI is InChI=1S/C52H55N3O5/c1-49(2)31-50(3,4)33-51(32-49)43-27-34(30-53)7-16-39(43)46-41-28-44(55-21-25-59-26-22-55)45(57-6)29-42(41)48-40(47(46)51)17-18-52(60-48,36-10-14-38(56-5)15-11-36)35-8-12-37(13-9-35)54-19-23-58-24-20-54/h7-18,27-29H,19-26,31-33H2,1-6H3. The third kappa shape index (κ3) is 6.15. The van der Waals surface area contributed by atoms with E-state index in [1.807, 2.05) is 18.2 Å². The molecule has 3 heterocycles. The highest BCUT2D eigenvalue weighted by Gasteiger charge is 2.56. The van der Waals surface area contributed by atoms with Crippen LogP contribution in [-0.4, -0.2) is 66.8 Å². The summed E-state index contributed by atoms with van der Waals surface area (Å²) in [7, 11) is 3.47. The van der Waals surface area contributed by atoms with Crippen molar-refractivity contribution in [2.75, 3.05) is 76.6 Å². The minimum Gasteiger partial charge on any atom is -0.497 e. The first-order valence-electron chi connectivity index (χ1n) is 21.5. The molecule has 5 aliphatic rings. The van der Waals surface area contributed by atoms with E-state index in [-0.39, 0.29) is 16.2 Å². The van der Waals surface area contributed by atoms with Crippen molar-refractivity contribution in [3.63, 3.8) is 0 Å². The maximum absolute atomic E-state index is 10.4. The lowest BCUT2D eigenvalue weighted by atomic mass is 9.52. The number of morpholine rings is 2. The average molecular weight is 802 g/mol. The highest BCUT2D eigenvalue weighted by Crippen LogP contribution is 2.67. The van der Waals surface area contributed by atoms with E-state index in [0.717, 1.165) is 109 Å². The van der Waals surface area contributed by atoms with Crippen LogP contribution in [-0.2, 0) is 20.5 Å². The van der Waals surface area contributed by atoms with Crippen molar-refractivity contribution in [1.82, 2.24) is 0 Å². The van der Waals surface area contributed by atoms with Crippen LogP contribution >= 0.6 is 0 Å². The van der Waals surface area contributed by atoms with Crippen molar-refractivity contribution in [1.29, 1.82) is 5.26 Å². The van der Waals surface area contributed by atoms with E-state index >= 15 is 0 Å². The first-order valence-corrected chi connectivity index (χ1v) is 21.5.